The topological polar surface area (TPSA) is 58.4 Å². The lowest BCUT2D eigenvalue weighted by Crippen LogP contribution is -2.30. The van der Waals surface area contributed by atoms with E-state index in [-0.39, 0.29) is 17.9 Å². The van der Waals surface area contributed by atoms with Crippen LogP contribution in [0.1, 0.15) is 23.7 Å². The van der Waals surface area contributed by atoms with Crippen molar-refractivity contribution in [1.29, 1.82) is 0 Å². The molecule has 1 amide bonds. The highest BCUT2D eigenvalue weighted by Crippen LogP contribution is 2.23. The summed E-state index contributed by atoms with van der Waals surface area (Å²) in [6.07, 6.45) is 2.30. The smallest absolute Gasteiger partial charge is 0.253 e. The third-order valence-corrected chi connectivity index (χ3v) is 5.04. The highest BCUT2D eigenvalue weighted by Gasteiger charge is 2.29. The summed E-state index contributed by atoms with van der Waals surface area (Å²) in [6, 6.07) is 15.6. The number of benzene rings is 2. The molecule has 0 radical (unpaired) electrons. The molecule has 0 saturated carbocycles. The minimum Gasteiger partial charge on any atom is -0.393 e. The third kappa shape index (κ3) is 2.91. The molecule has 1 saturated heterocycles. The van der Waals surface area contributed by atoms with E-state index >= 15 is 0 Å². The largest absolute Gasteiger partial charge is 0.393 e. The molecule has 5 heteroatoms. The molecular formula is C20H21N3O2. The summed E-state index contributed by atoms with van der Waals surface area (Å²) in [5.74, 6) is 0.214. The summed E-state index contributed by atoms with van der Waals surface area (Å²) in [6.45, 7) is 3.13. The molecule has 1 aliphatic heterocycles. The van der Waals surface area contributed by atoms with Crippen LogP contribution in [0.15, 0.2) is 54.9 Å². The van der Waals surface area contributed by atoms with E-state index in [4.69, 9.17) is 0 Å². The zero-order valence-electron chi connectivity index (χ0n) is 14.2. The Kier molecular flexibility index (Phi) is 4.01. The molecule has 1 N–H and O–H groups in total. The average molecular weight is 335 g/mol. The summed E-state index contributed by atoms with van der Waals surface area (Å²) >= 11 is 0. The number of hydrogen-bond donors (Lipinski definition) is 1. The molecule has 2 unspecified atom stereocenters. The Balaban J connectivity index is 1.55. The Morgan fingerprint density at radius 1 is 1.20 bits per heavy atom. The molecule has 3 aromatic rings. The van der Waals surface area contributed by atoms with Crippen molar-refractivity contribution in [2.75, 3.05) is 13.1 Å². The van der Waals surface area contributed by atoms with Gasteiger partial charge in [0, 0.05) is 30.3 Å². The Hall–Kier alpha value is -2.66. The van der Waals surface area contributed by atoms with Gasteiger partial charge in [-0.25, -0.2) is 4.98 Å². The van der Waals surface area contributed by atoms with E-state index in [0.717, 1.165) is 23.1 Å². The van der Waals surface area contributed by atoms with Gasteiger partial charge in [0.05, 0.1) is 17.1 Å². The van der Waals surface area contributed by atoms with Crippen molar-refractivity contribution in [2.24, 2.45) is 5.92 Å². The summed E-state index contributed by atoms with van der Waals surface area (Å²) in [4.78, 5) is 18.9. The van der Waals surface area contributed by atoms with Crippen molar-refractivity contribution in [1.82, 2.24) is 14.5 Å². The number of aliphatic hydroxyl groups is 1. The molecule has 4 rings (SSSR count). The maximum atomic E-state index is 12.7. The fourth-order valence-electron chi connectivity index (χ4n) is 3.48. The molecule has 25 heavy (non-hydrogen) atoms. The SMILES string of the molecule is CC(O)C1CCN(C(=O)c2ccc(-n3cnc4ccccc43)cc2)C1. The van der Waals surface area contributed by atoms with E-state index in [2.05, 4.69) is 4.98 Å². The molecular weight excluding hydrogens is 314 g/mol. The van der Waals surface area contributed by atoms with Gasteiger partial charge >= 0.3 is 0 Å². The van der Waals surface area contributed by atoms with Gasteiger partial charge < -0.3 is 10.0 Å². The number of carbonyl (C=O) groups excluding carboxylic acids is 1. The standard InChI is InChI=1S/C20H21N3O2/c1-14(24)16-10-11-22(12-16)20(25)15-6-8-17(9-7-15)23-13-21-18-4-2-3-5-19(18)23/h2-9,13-14,16,24H,10-12H2,1H3. The van der Waals surface area contributed by atoms with Crippen LogP contribution in [0.2, 0.25) is 0 Å². The fraction of sp³-hybridized carbons (Fsp3) is 0.300. The monoisotopic (exact) mass is 335 g/mol. The van der Waals surface area contributed by atoms with Crippen LogP contribution in [-0.4, -0.2) is 44.7 Å². The van der Waals surface area contributed by atoms with Crippen LogP contribution in [0, 0.1) is 5.92 Å². The highest BCUT2D eigenvalue weighted by molar-refractivity contribution is 5.94. The molecule has 128 valence electrons. The molecule has 1 aliphatic rings. The van der Waals surface area contributed by atoms with E-state index in [1.807, 2.05) is 58.0 Å². The molecule has 1 aromatic heterocycles. The predicted octanol–water partition coefficient (Wildman–Crippen LogP) is 2.87. The second-order valence-corrected chi connectivity index (χ2v) is 6.69. The molecule has 0 bridgehead atoms. The van der Waals surface area contributed by atoms with Gasteiger partial charge in [0.2, 0.25) is 0 Å². The normalized spacial score (nSPS) is 18.6. The van der Waals surface area contributed by atoms with Crippen molar-refractivity contribution >= 4 is 16.9 Å². The van der Waals surface area contributed by atoms with Crippen molar-refractivity contribution < 1.29 is 9.90 Å². The van der Waals surface area contributed by atoms with E-state index in [1.54, 1.807) is 13.3 Å². The Morgan fingerprint density at radius 2 is 1.96 bits per heavy atom. The maximum Gasteiger partial charge on any atom is 0.253 e. The van der Waals surface area contributed by atoms with Gasteiger partial charge in [-0.05, 0) is 49.7 Å². The van der Waals surface area contributed by atoms with E-state index in [0.29, 0.717) is 18.7 Å². The first-order valence-electron chi connectivity index (χ1n) is 8.63. The molecule has 0 aliphatic carbocycles. The second kappa shape index (κ2) is 6.33. The maximum absolute atomic E-state index is 12.7. The summed E-state index contributed by atoms with van der Waals surface area (Å²) < 4.78 is 2.02. The van der Waals surface area contributed by atoms with E-state index < -0.39 is 0 Å². The first-order chi connectivity index (χ1) is 12.1. The number of aromatic nitrogens is 2. The van der Waals surface area contributed by atoms with Gasteiger partial charge in [-0.3, -0.25) is 9.36 Å². The fourth-order valence-corrected chi connectivity index (χ4v) is 3.48. The van der Waals surface area contributed by atoms with E-state index in [1.165, 1.54) is 0 Å². The van der Waals surface area contributed by atoms with Crippen LogP contribution in [0.4, 0.5) is 0 Å². The summed E-state index contributed by atoms with van der Waals surface area (Å²) in [5, 5.41) is 9.70. The lowest BCUT2D eigenvalue weighted by atomic mass is 10.0. The number of amides is 1. The molecule has 2 aromatic carbocycles. The first-order valence-corrected chi connectivity index (χ1v) is 8.63. The van der Waals surface area contributed by atoms with Crippen LogP contribution >= 0.6 is 0 Å². The minimum absolute atomic E-state index is 0.0326. The number of likely N-dealkylation sites (tertiary alicyclic amines) is 1. The van der Waals surface area contributed by atoms with Gasteiger partial charge in [0.15, 0.2) is 0 Å². The first kappa shape index (κ1) is 15.8. The molecule has 2 heterocycles. The number of rotatable bonds is 3. The number of nitrogens with zero attached hydrogens (tertiary/aromatic N) is 3. The van der Waals surface area contributed by atoms with Crippen LogP contribution in [0.5, 0.6) is 0 Å². The van der Waals surface area contributed by atoms with Crippen molar-refractivity contribution in [3.8, 4) is 5.69 Å². The van der Waals surface area contributed by atoms with Crippen molar-refractivity contribution in [3.63, 3.8) is 0 Å². The highest BCUT2D eigenvalue weighted by atomic mass is 16.3. The number of para-hydroxylation sites is 2. The summed E-state index contributed by atoms with van der Waals surface area (Å²) in [7, 11) is 0. The van der Waals surface area contributed by atoms with Gasteiger partial charge in [-0.15, -0.1) is 0 Å². The van der Waals surface area contributed by atoms with Crippen molar-refractivity contribution in [3.05, 3.63) is 60.4 Å². The number of hydrogen-bond acceptors (Lipinski definition) is 3. The number of aliphatic hydroxyl groups excluding tert-OH is 1. The van der Waals surface area contributed by atoms with Crippen LogP contribution in [-0.2, 0) is 0 Å². The second-order valence-electron chi connectivity index (χ2n) is 6.69. The molecule has 1 fully saturated rings. The van der Waals surface area contributed by atoms with Crippen LogP contribution in [0.3, 0.4) is 0 Å². The van der Waals surface area contributed by atoms with Gasteiger partial charge in [-0.1, -0.05) is 12.1 Å². The van der Waals surface area contributed by atoms with Crippen molar-refractivity contribution in [2.45, 2.75) is 19.4 Å². The Bertz CT molecular complexity index is 899. The Labute approximate surface area is 146 Å². The number of imidazole rings is 1. The average Bonchev–Trinajstić information content (AvgIpc) is 3.29. The van der Waals surface area contributed by atoms with Crippen LogP contribution < -0.4 is 0 Å². The number of fused-ring (bicyclic) bond motifs is 1. The third-order valence-electron chi connectivity index (χ3n) is 5.04. The Morgan fingerprint density at radius 3 is 2.68 bits per heavy atom. The lowest BCUT2D eigenvalue weighted by Gasteiger charge is -2.18. The zero-order valence-corrected chi connectivity index (χ0v) is 14.2. The zero-order chi connectivity index (χ0) is 17.4. The van der Waals surface area contributed by atoms with Gasteiger partial charge in [0.1, 0.15) is 6.33 Å². The molecule has 2 atom stereocenters. The quantitative estimate of drug-likeness (QED) is 0.801. The lowest BCUT2D eigenvalue weighted by molar-refractivity contribution is 0.0762. The predicted molar refractivity (Wildman–Crippen MR) is 96.8 cm³/mol. The van der Waals surface area contributed by atoms with E-state index in [9.17, 15) is 9.90 Å². The minimum atomic E-state index is -0.366. The van der Waals surface area contributed by atoms with Crippen LogP contribution in [0.25, 0.3) is 16.7 Å². The van der Waals surface area contributed by atoms with Gasteiger partial charge in [-0.2, -0.15) is 0 Å². The molecule has 0 spiro atoms. The number of carbonyl (C=O) groups is 1. The summed E-state index contributed by atoms with van der Waals surface area (Å²) in [5.41, 5.74) is 3.65. The molecule has 5 nitrogen and oxygen atoms in total. The van der Waals surface area contributed by atoms with Gasteiger partial charge in [0.25, 0.3) is 5.91 Å².